The third kappa shape index (κ3) is 3.05. The molecule has 1 aromatic heterocycles. The number of hydrogen-bond acceptors (Lipinski definition) is 3. The Labute approximate surface area is 133 Å². The summed E-state index contributed by atoms with van der Waals surface area (Å²) >= 11 is 3.39. The fourth-order valence-electron chi connectivity index (χ4n) is 2.73. The first-order valence-corrected chi connectivity index (χ1v) is 7.91. The first-order valence-electron chi connectivity index (χ1n) is 7.11. The minimum atomic E-state index is -0.104. The summed E-state index contributed by atoms with van der Waals surface area (Å²) in [6.45, 7) is 7.01. The van der Waals surface area contributed by atoms with E-state index < -0.39 is 0 Å². The SMILES string of the molecule is Cc1nc(Br)ccc1NCc1cccc2c1OC(C)(C)C2. The summed E-state index contributed by atoms with van der Waals surface area (Å²) in [5.41, 5.74) is 4.42. The second-order valence-corrected chi connectivity index (χ2v) is 6.88. The molecule has 21 heavy (non-hydrogen) atoms. The maximum atomic E-state index is 6.10. The van der Waals surface area contributed by atoms with Gasteiger partial charge in [-0.3, -0.25) is 0 Å². The van der Waals surface area contributed by atoms with Gasteiger partial charge in [0.2, 0.25) is 0 Å². The molecule has 0 fully saturated rings. The van der Waals surface area contributed by atoms with Crippen LogP contribution in [0.5, 0.6) is 5.75 Å². The van der Waals surface area contributed by atoms with Crippen LogP contribution in [0.3, 0.4) is 0 Å². The van der Waals surface area contributed by atoms with Crippen LogP contribution in [0.4, 0.5) is 5.69 Å². The van der Waals surface area contributed by atoms with Crippen molar-refractivity contribution in [1.29, 1.82) is 0 Å². The largest absolute Gasteiger partial charge is 0.487 e. The van der Waals surface area contributed by atoms with Gasteiger partial charge in [-0.05, 0) is 54.4 Å². The average molecular weight is 347 g/mol. The number of pyridine rings is 1. The van der Waals surface area contributed by atoms with Crippen molar-refractivity contribution >= 4 is 21.6 Å². The van der Waals surface area contributed by atoms with E-state index in [1.807, 2.05) is 19.1 Å². The van der Waals surface area contributed by atoms with E-state index in [1.54, 1.807) is 0 Å². The average Bonchev–Trinajstić information content (AvgIpc) is 2.72. The molecule has 0 amide bonds. The van der Waals surface area contributed by atoms with Crippen molar-refractivity contribution in [2.75, 3.05) is 5.32 Å². The number of ether oxygens (including phenoxy) is 1. The van der Waals surface area contributed by atoms with Crippen molar-refractivity contribution < 1.29 is 4.74 Å². The highest BCUT2D eigenvalue weighted by Crippen LogP contribution is 2.37. The molecule has 0 spiro atoms. The Morgan fingerprint density at radius 1 is 1.29 bits per heavy atom. The fourth-order valence-corrected chi connectivity index (χ4v) is 3.12. The third-order valence-corrected chi connectivity index (χ3v) is 4.14. The smallest absolute Gasteiger partial charge is 0.128 e. The van der Waals surface area contributed by atoms with E-state index in [0.717, 1.165) is 34.7 Å². The summed E-state index contributed by atoms with van der Waals surface area (Å²) in [7, 11) is 0. The third-order valence-electron chi connectivity index (χ3n) is 3.69. The number of nitrogens with zero attached hydrogens (tertiary/aromatic N) is 1. The molecule has 0 saturated heterocycles. The number of benzene rings is 1. The lowest BCUT2D eigenvalue weighted by atomic mass is 10.0. The lowest BCUT2D eigenvalue weighted by Gasteiger charge is -2.18. The summed E-state index contributed by atoms with van der Waals surface area (Å²) in [6, 6.07) is 10.4. The van der Waals surface area contributed by atoms with Gasteiger partial charge in [0.15, 0.2) is 0 Å². The molecule has 2 aromatic rings. The van der Waals surface area contributed by atoms with E-state index in [9.17, 15) is 0 Å². The van der Waals surface area contributed by atoms with E-state index in [4.69, 9.17) is 4.74 Å². The van der Waals surface area contributed by atoms with Gasteiger partial charge in [0.05, 0.1) is 11.4 Å². The van der Waals surface area contributed by atoms with E-state index in [-0.39, 0.29) is 5.60 Å². The molecule has 3 rings (SSSR count). The second kappa shape index (κ2) is 5.34. The maximum absolute atomic E-state index is 6.10. The van der Waals surface area contributed by atoms with Crippen molar-refractivity contribution in [2.24, 2.45) is 0 Å². The minimum absolute atomic E-state index is 0.104. The van der Waals surface area contributed by atoms with Crippen LogP contribution in [0.25, 0.3) is 0 Å². The number of anilines is 1. The predicted molar refractivity (Wildman–Crippen MR) is 88.9 cm³/mol. The zero-order valence-corrected chi connectivity index (χ0v) is 14.1. The van der Waals surface area contributed by atoms with E-state index in [0.29, 0.717) is 0 Å². The number of rotatable bonds is 3. The summed E-state index contributed by atoms with van der Waals surface area (Å²) in [5.74, 6) is 1.04. The van der Waals surface area contributed by atoms with Gasteiger partial charge in [-0.15, -0.1) is 0 Å². The van der Waals surface area contributed by atoms with Crippen LogP contribution in [-0.2, 0) is 13.0 Å². The molecule has 110 valence electrons. The van der Waals surface area contributed by atoms with Crippen LogP contribution >= 0.6 is 15.9 Å². The highest BCUT2D eigenvalue weighted by Gasteiger charge is 2.31. The molecule has 0 atom stereocenters. The van der Waals surface area contributed by atoms with Crippen molar-refractivity contribution in [3.63, 3.8) is 0 Å². The molecule has 0 saturated carbocycles. The van der Waals surface area contributed by atoms with Crippen molar-refractivity contribution in [3.8, 4) is 5.75 Å². The Morgan fingerprint density at radius 3 is 2.86 bits per heavy atom. The van der Waals surface area contributed by atoms with E-state index >= 15 is 0 Å². The molecule has 4 heteroatoms. The molecular formula is C17H19BrN2O. The summed E-state index contributed by atoms with van der Waals surface area (Å²) < 4.78 is 6.96. The summed E-state index contributed by atoms with van der Waals surface area (Å²) in [5, 5.41) is 3.45. The number of nitrogens with one attached hydrogen (secondary N) is 1. The minimum Gasteiger partial charge on any atom is -0.487 e. The van der Waals surface area contributed by atoms with Gasteiger partial charge in [0.1, 0.15) is 16.0 Å². The van der Waals surface area contributed by atoms with Crippen LogP contribution in [-0.4, -0.2) is 10.6 Å². The van der Waals surface area contributed by atoms with E-state index in [2.05, 4.69) is 58.3 Å². The molecule has 1 aromatic carbocycles. The van der Waals surface area contributed by atoms with Gasteiger partial charge in [0.25, 0.3) is 0 Å². The Hall–Kier alpha value is -1.55. The highest BCUT2D eigenvalue weighted by atomic mass is 79.9. The number of fused-ring (bicyclic) bond motifs is 1. The number of aryl methyl sites for hydroxylation is 1. The van der Waals surface area contributed by atoms with Crippen LogP contribution < -0.4 is 10.1 Å². The second-order valence-electron chi connectivity index (χ2n) is 6.06. The van der Waals surface area contributed by atoms with Crippen molar-refractivity contribution in [2.45, 2.75) is 39.3 Å². The molecule has 3 nitrogen and oxygen atoms in total. The quantitative estimate of drug-likeness (QED) is 0.832. The predicted octanol–water partition coefficient (Wildman–Crippen LogP) is 4.48. The molecule has 0 aliphatic carbocycles. The standard InChI is InChI=1S/C17H19BrN2O/c1-11-14(7-8-15(18)20-11)19-10-13-6-4-5-12-9-17(2,3)21-16(12)13/h4-8,19H,9-10H2,1-3H3. The number of aromatic nitrogens is 1. The van der Waals surface area contributed by atoms with Gasteiger partial charge in [-0.1, -0.05) is 18.2 Å². The molecule has 0 bridgehead atoms. The topological polar surface area (TPSA) is 34.2 Å². The molecule has 0 radical (unpaired) electrons. The Kier molecular flexibility index (Phi) is 3.66. The fraction of sp³-hybridized carbons (Fsp3) is 0.353. The Bertz CT molecular complexity index is 682. The maximum Gasteiger partial charge on any atom is 0.128 e. The monoisotopic (exact) mass is 346 g/mol. The van der Waals surface area contributed by atoms with Gasteiger partial charge < -0.3 is 10.1 Å². The Morgan fingerprint density at radius 2 is 2.10 bits per heavy atom. The molecule has 1 N–H and O–H groups in total. The number of para-hydroxylation sites is 1. The van der Waals surface area contributed by atoms with Crippen LogP contribution in [0.15, 0.2) is 34.9 Å². The normalized spacial score (nSPS) is 15.4. The molecular weight excluding hydrogens is 328 g/mol. The van der Waals surface area contributed by atoms with Crippen LogP contribution in [0, 0.1) is 6.92 Å². The molecule has 1 aliphatic rings. The lowest BCUT2D eigenvalue weighted by molar-refractivity contribution is 0.137. The zero-order chi connectivity index (χ0) is 15.0. The van der Waals surface area contributed by atoms with Gasteiger partial charge >= 0.3 is 0 Å². The molecule has 2 heterocycles. The Balaban J connectivity index is 1.80. The number of halogens is 1. The first-order chi connectivity index (χ1) is 9.94. The highest BCUT2D eigenvalue weighted by molar-refractivity contribution is 9.10. The van der Waals surface area contributed by atoms with Crippen molar-refractivity contribution in [1.82, 2.24) is 4.98 Å². The number of hydrogen-bond donors (Lipinski definition) is 1. The summed E-state index contributed by atoms with van der Waals surface area (Å²) in [6.07, 6.45) is 0.967. The van der Waals surface area contributed by atoms with E-state index in [1.165, 1.54) is 11.1 Å². The molecule has 0 unspecified atom stereocenters. The summed E-state index contributed by atoms with van der Waals surface area (Å²) in [4.78, 5) is 4.40. The van der Waals surface area contributed by atoms with Crippen molar-refractivity contribution in [3.05, 3.63) is 51.8 Å². The molecule has 1 aliphatic heterocycles. The van der Waals surface area contributed by atoms with Gasteiger partial charge in [-0.2, -0.15) is 0 Å². The van der Waals surface area contributed by atoms with Crippen LogP contribution in [0.1, 0.15) is 30.7 Å². The van der Waals surface area contributed by atoms with Gasteiger partial charge in [0, 0.05) is 18.5 Å². The zero-order valence-electron chi connectivity index (χ0n) is 12.5. The lowest BCUT2D eigenvalue weighted by Crippen LogP contribution is -2.25. The van der Waals surface area contributed by atoms with Gasteiger partial charge in [-0.25, -0.2) is 4.98 Å². The first kappa shape index (κ1) is 14.4. The van der Waals surface area contributed by atoms with Crippen LogP contribution in [0.2, 0.25) is 0 Å².